The number of thiazole rings is 1. The average Bonchev–Trinajstić information content (AvgIpc) is 3.65. The molecule has 194 valence electrons. The summed E-state index contributed by atoms with van der Waals surface area (Å²) < 4.78 is 40.3. The molecule has 0 spiro atoms. The zero-order valence-corrected chi connectivity index (χ0v) is 21.3. The van der Waals surface area contributed by atoms with Crippen molar-refractivity contribution in [2.75, 3.05) is 6.54 Å². The number of hydrogen-bond acceptors (Lipinski definition) is 5. The van der Waals surface area contributed by atoms with E-state index in [1.54, 1.807) is 24.3 Å². The number of amides is 1. The van der Waals surface area contributed by atoms with E-state index in [0.717, 1.165) is 42.8 Å². The summed E-state index contributed by atoms with van der Waals surface area (Å²) in [6.07, 6.45) is -0.129. The molecule has 1 aromatic heterocycles. The van der Waals surface area contributed by atoms with Crippen LogP contribution in [0.1, 0.15) is 69.4 Å². The van der Waals surface area contributed by atoms with Gasteiger partial charge in [-0.25, -0.2) is 4.98 Å². The lowest BCUT2D eigenvalue weighted by molar-refractivity contribution is -0.137. The van der Waals surface area contributed by atoms with Gasteiger partial charge in [0.15, 0.2) is 0 Å². The molecule has 2 heterocycles. The molecule has 1 saturated carbocycles. The Morgan fingerprint density at radius 2 is 1.86 bits per heavy atom. The van der Waals surface area contributed by atoms with Crippen molar-refractivity contribution in [3.05, 3.63) is 75.4 Å². The number of benzene rings is 2. The third-order valence-electron chi connectivity index (χ3n) is 6.66. The van der Waals surface area contributed by atoms with Crippen LogP contribution in [0.15, 0.2) is 48.5 Å². The molecule has 10 heteroatoms. The number of carbonyl (C=O) groups is 2. The minimum Gasteiger partial charge on any atom is -0.340 e. The summed E-state index contributed by atoms with van der Waals surface area (Å²) >= 11 is 7.32. The number of nitrogens with one attached hydrogen (secondary N) is 2. The minimum absolute atomic E-state index is 0.106. The van der Waals surface area contributed by atoms with Gasteiger partial charge in [0.25, 0.3) is 5.91 Å². The lowest BCUT2D eigenvalue weighted by Crippen LogP contribution is -2.55. The van der Waals surface area contributed by atoms with Crippen LogP contribution in [0, 0.1) is 0 Å². The molecule has 3 aromatic rings. The van der Waals surface area contributed by atoms with Crippen molar-refractivity contribution in [2.45, 2.75) is 56.3 Å². The molecule has 2 N–H and O–H groups in total. The lowest BCUT2D eigenvalue weighted by Gasteiger charge is -2.31. The number of Topliss-reactive ketones (excluding diaryl/α,β-unsaturated/α-hetero) is 1. The molecule has 5 rings (SSSR count). The van der Waals surface area contributed by atoms with Gasteiger partial charge in [-0.3, -0.25) is 9.59 Å². The number of rotatable bonds is 7. The van der Waals surface area contributed by atoms with Crippen molar-refractivity contribution in [2.24, 2.45) is 0 Å². The summed E-state index contributed by atoms with van der Waals surface area (Å²) in [5, 5.41) is 7.34. The second kappa shape index (κ2) is 10.6. The summed E-state index contributed by atoms with van der Waals surface area (Å²) in [6.45, 7) is 0.701. The Morgan fingerprint density at radius 3 is 2.54 bits per heavy atom. The van der Waals surface area contributed by atoms with Gasteiger partial charge in [0.05, 0.1) is 15.4 Å². The van der Waals surface area contributed by atoms with Crippen molar-refractivity contribution >= 4 is 34.6 Å². The topological polar surface area (TPSA) is 71.1 Å². The molecule has 5 nitrogen and oxygen atoms in total. The van der Waals surface area contributed by atoms with Crippen molar-refractivity contribution < 1.29 is 22.8 Å². The average molecular weight is 548 g/mol. The Bertz CT molecular complexity index is 1320. The van der Waals surface area contributed by atoms with E-state index in [2.05, 4.69) is 15.6 Å². The second-order valence-electron chi connectivity index (χ2n) is 9.46. The molecule has 2 aromatic carbocycles. The van der Waals surface area contributed by atoms with Crippen LogP contribution in [-0.4, -0.2) is 35.3 Å². The smallest absolute Gasteiger partial charge is 0.340 e. The van der Waals surface area contributed by atoms with Gasteiger partial charge in [-0.1, -0.05) is 36.2 Å². The Hall–Kier alpha value is -2.75. The highest BCUT2D eigenvalue weighted by molar-refractivity contribution is 7.15. The summed E-state index contributed by atoms with van der Waals surface area (Å²) in [4.78, 5) is 32.2. The molecule has 1 saturated heterocycles. The first-order valence-electron chi connectivity index (χ1n) is 12.2. The Balaban J connectivity index is 1.53. The van der Waals surface area contributed by atoms with Crippen LogP contribution in [0.3, 0.4) is 0 Å². The van der Waals surface area contributed by atoms with Gasteiger partial charge in [-0.2, -0.15) is 13.2 Å². The predicted octanol–water partition coefficient (Wildman–Crippen LogP) is 6.48. The molecule has 1 unspecified atom stereocenters. The van der Waals surface area contributed by atoms with Gasteiger partial charge in [-0.15, -0.1) is 11.3 Å². The first-order chi connectivity index (χ1) is 17.7. The first kappa shape index (κ1) is 25.9. The zero-order valence-electron chi connectivity index (χ0n) is 19.8. The maximum Gasteiger partial charge on any atom is 0.416 e. The first-order valence-corrected chi connectivity index (χ1v) is 13.4. The van der Waals surface area contributed by atoms with Gasteiger partial charge in [-0.05, 0) is 68.1 Å². The van der Waals surface area contributed by atoms with Crippen LogP contribution in [-0.2, 0) is 6.18 Å². The Labute approximate surface area is 221 Å². The van der Waals surface area contributed by atoms with Crippen LogP contribution in [0.25, 0.3) is 10.4 Å². The summed E-state index contributed by atoms with van der Waals surface area (Å²) in [5.41, 5.74) is -0.0743. The minimum atomic E-state index is -4.51. The van der Waals surface area contributed by atoms with E-state index in [1.807, 2.05) is 0 Å². The van der Waals surface area contributed by atoms with E-state index in [9.17, 15) is 22.8 Å². The Morgan fingerprint density at radius 1 is 1.08 bits per heavy atom. The van der Waals surface area contributed by atoms with Crippen LogP contribution >= 0.6 is 22.9 Å². The molecule has 0 radical (unpaired) electrons. The third-order valence-corrected chi connectivity index (χ3v) is 8.16. The molecule has 0 bridgehead atoms. The van der Waals surface area contributed by atoms with E-state index in [-0.39, 0.29) is 17.7 Å². The Kier molecular flexibility index (Phi) is 7.38. The van der Waals surface area contributed by atoms with Gasteiger partial charge >= 0.3 is 6.18 Å². The molecular weight excluding hydrogens is 523 g/mol. The van der Waals surface area contributed by atoms with E-state index < -0.39 is 29.5 Å². The number of halogens is 4. The fourth-order valence-corrected chi connectivity index (χ4v) is 5.98. The molecule has 2 atom stereocenters. The van der Waals surface area contributed by atoms with Crippen molar-refractivity contribution in [1.29, 1.82) is 0 Å². The van der Waals surface area contributed by atoms with Gasteiger partial charge in [0.1, 0.15) is 11.7 Å². The fraction of sp³-hybridized carbons (Fsp3) is 0.370. The molecule has 2 aliphatic rings. The third kappa shape index (κ3) is 5.89. The zero-order chi connectivity index (χ0) is 26.2. The van der Waals surface area contributed by atoms with E-state index >= 15 is 0 Å². The number of piperidine rings is 1. The quantitative estimate of drug-likeness (QED) is 0.332. The molecular formula is C27H25ClF3N3O2S. The van der Waals surface area contributed by atoms with Gasteiger partial charge < -0.3 is 10.6 Å². The van der Waals surface area contributed by atoms with E-state index in [4.69, 9.17) is 11.6 Å². The maximum absolute atomic E-state index is 14.1. The summed E-state index contributed by atoms with van der Waals surface area (Å²) in [5.74, 6) is -0.653. The molecule has 1 aliphatic carbocycles. The van der Waals surface area contributed by atoms with E-state index in [0.29, 0.717) is 34.0 Å². The van der Waals surface area contributed by atoms with Gasteiger partial charge in [0, 0.05) is 22.5 Å². The standard InChI is InChI=1S/C27H25ClF3N3O2S/c28-19-8-4-6-17(14-19)25(36)33-21(20-9-1-2-12-32-20)23(35)22-24(37-26(34-22)15-10-11-15)16-5-3-7-18(13-16)27(29,30)31/h3-8,13-15,20-21,32H,1-2,9-12H2,(H,33,36)/t20?,21-/m0/s1. The number of nitrogens with zero attached hydrogens (tertiary/aromatic N) is 1. The van der Waals surface area contributed by atoms with Crippen LogP contribution in [0.2, 0.25) is 5.02 Å². The molecule has 2 fully saturated rings. The van der Waals surface area contributed by atoms with Crippen molar-refractivity contribution in [3.63, 3.8) is 0 Å². The number of alkyl halides is 3. The van der Waals surface area contributed by atoms with Crippen LogP contribution in [0.5, 0.6) is 0 Å². The van der Waals surface area contributed by atoms with Crippen molar-refractivity contribution in [1.82, 2.24) is 15.6 Å². The normalized spacial score (nSPS) is 18.9. The fourth-order valence-electron chi connectivity index (χ4n) is 4.55. The highest BCUT2D eigenvalue weighted by Crippen LogP contribution is 2.45. The van der Waals surface area contributed by atoms with Crippen LogP contribution in [0.4, 0.5) is 13.2 Å². The molecule has 1 amide bonds. The monoisotopic (exact) mass is 547 g/mol. The molecule has 1 aliphatic heterocycles. The van der Waals surface area contributed by atoms with E-state index in [1.165, 1.54) is 23.5 Å². The van der Waals surface area contributed by atoms with Gasteiger partial charge in [0.2, 0.25) is 5.78 Å². The number of ketones is 1. The number of hydrogen-bond donors (Lipinski definition) is 2. The largest absolute Gasteiger partial charge is 0.416 e. The lowest BCUT2D eigenvalue weighted by atomic mass is 9.92. The van der Waals surface area contributed by atoms with Crippen molar-refractivity contribution in [3.8, 4) is 10.4 Å². The predicted molar refractivity (Wildman–Crippen MR) is 137 cm³/mol. The highest BCUT2D eigenvalue weighted by Gasteiger charge is 2.37. The SMILES string of the molecule is O=C(N[C@H](C(=O)c1nc(C2CC2)sc1-c1cccc(C(F)(F)F)c1)C1CCCCN1)c1cccc(Cl)c1. The maximum atomic E-state index is 14.1. The molecule has 37 heavy (non-hydrogen) atoms. The number of carbonyl (C=O) groups excluding carboxylic acids is 2. The summed E-state index contributed by atoms with van der Waals surface area (Å²) in [6, 6.07) is 10.1. The highest BCUT2D eigenvalue weighted by atomic mass is 35.5. The number of aromatic nitrogens is 1. The summed E-state index contributed by atoms with van der Waals surface area (Å²) in [7, 11) is 0. The van der Waals surface area contributed by atoms with Crippen LogP contribution < -0.4 is 10.6 Å². The second-order valence-corrected chi connectivity index (χ2v) is 10.9.